The molecule has 25 heavy (non-hydrogen) atoms. The van der Waals surface area contributed by atoms with Crippen LogP contribution in [0.15, 0.2) is 12.1 Å². The molecule has 8 nitrogen and oxygen atoms in total. The van der Waals surface area contributed by atoms with Crippen LogP contribution in [0.2, 0.25) is 0 Å². The van der Waals surface area contributed by atoms with Crippen molar-refractivity contribution in [2.75, 3.05) is 30.0 Å². The number of aromatic amines is 1. The van der Waals surface area contributed by atoms with Crippen molar-refractivity contribution in [3.05, 3.63) is 23.5 Å². The van der Waals surface area contributed by atoms with E-state index in [2.05, 4.69) is 43.4 Å². The molecule has 1 unspecified atom stereocenters. The molecular weight excluding hydrogens is 318 g/mol. The highest BCUT2D eigenvalue weighted by molar-refractivity contribution is 5.55. The van der Waals surface area contributed by atoms with E-state index in [1.54, 1.807) is 0 Å². The molecular formula is C17H21N7O. The number of H-pyrrole nitrogens is 1. The van der Waals surface area contributed by atoms with E-state index in [1.165, 1.54) is 0 Å². The zero-order chi connectivity index (χ0) is 17.4. The lowest BCUT2D eigenvalue weighted by molar-refractivity contribution is 0.0985. The van der Waals surface area contributed by atoms with Gasteiger partial charge in [-0.25, -0.2) is 4.98 Å². The maximum atomic E-state index is 9.57. The molecule has 0 radical (unpaired) electrons. The van der Waals surface area contributed by atoms with E-state index in [0.717, 1.165) is 42.4 Å². The number of hydrogen-bond donors (Lipinski definition) is 2. The van der Waals surface area contributed by atoms with Gasteiger partial charge in [-0.05, 0) is 26.7 Å². The minimum Gasteiger partial charge on any atom is -0.377 e. The molecule has 0 bridgehead atoms. The fourth-order valence-electron chi connectivity index (χ4n) is 3.11. The minimum absolute atomic E-state index is 0.232. The van der Waals surface area contributed by atoms with Gasteiger partial charge in [-0.3, -0.25) is 5.10 Å². The summed E-state index contributed by atoms with van der Waals surface area (Å²) in [7, 11) is 0. The number of aryl methyl sites for hydroxylation is 1. The van der Waals surface area contributed by atoms with Crippen molar-refractivity contribution in [2.24, 2.45) is 0 Å². The molecule has 0 spiro atoms. The molecule has 4 rings (SSSR count). The predicted octanol–water partition coefficient (Wildman–Crippen LogP) is 2.03. The largest absolute Gasteiger partial charge is 0.377 e. The molecule has 1 aliphatic heterocycles. The van der Waals surface area contributed by atoms with Crippen LogP contribution in [0.3, 0.4) is 0 Å². The smallest absolute Gasteiger partial charge is 0.230 e. The predicted molar refractivity (Wildman–Crippen MR) is 92.8 cm³/mol. The molecule has 2 N–H and O–H groups in total. The zero-order valence-electron chi connectivity index (χ0n) is 14.4. The summed E-state index contributed by atoms with van der Waals surface area (Å²) in [6, 6.07) is 6.51. The molecule has 2 fully saturated rings. The second-order valence-corrected chi connectivity index (χ2v) is 6.79. The number of nitrogens with one attached hydrogen (secondary N) is 2. The SMILES string of the molecule is Cc1cc(Nc2nc(N3CCOCC3C)cc(C3(C#N)CC3)n2)[nH]n1. The Bertz CT molecular complexity index is 821. The minimum atomic E-state index is -0.465. The molecule has 8 heteroatoms. The Morgan fingerprint density at radius 2 is 2.24 bits per heavy atom. The molecule has 1 saturated carbocycles. The highest BCUT2D eigenvalue weighted by atomic mass is 16.5. The van der Waals surface area contributed by atoms with Gasteiger partial charge >= 0.3 is 0 Å². The van der Waals surface area contributed by atoms with Crippen LogP contribution in [-0.2, 0) is 10.2 Å². The zero-order valence-corrected chi connectivity index (χ0v) is 14.4. The van der Waals surface area contributed by atoms with Gasteiger partial charge in [0, 0.05) is 18.7 Å². The Balaban J connectivity index is 1.71. The van der Waals surface area contributed by atoms with Crippen molar-refractivity contribution < 1.29 is 4.74 Å². The molecule has 130 valence electrons. The molecule has 0 aromatic carbocycles. The summed E-state index contributed by atoms with van der Waals surface area (Å²) in [5, 5.41) is 19.8. The van der Waals surface area contributed by atoms with Crippen LogP contribution >= 0.6 is 0 Å². The summed E-state index contributed by atoms with van der Waals surface area (Å²) in [4.78, 5) is 11.5. The summed E-state index contributed by atoms with van der Waals surface area (Å²) in [5.74, 6) is 2.05. The lowest BCUT2D eigenvalue weighted by Crippen LogP contribution is -2.44. The monoisotopic (exact) mass is 339 g/mol. The van der Waals surface area contributed by atoms with Crippen molar-refractivity contribution in [3.8, 4) is 6.07 Å². The van der Waals surface area contributed by atoms with Crippen molar-refractivity contribution in [3.63, 3.8) is 0 Å². The third-order valence-electron chi connectivity index (χ3n) is 4.78. The van der Waals surface area contributed by atoms with Gasteiger partial charge in [-0.15, -0.1) is 0 Å². The topological polar surface area (TPSA) is 103 Å². The van der Waals surface area contributed by atoms with E-state index >= 15 is 0 Å². The quantitative estimate of drug-likeness (QED) is 0.878. The Morgan fingerprint density at radius 1 is 1.40 bits per heavy atom. The van der Waals surface area contributed by atoms with Crippen molar-refractivity contribution >= 4 is 17.6 Å². The van der Waals surface area contributed by atoms with Gasteiger partial charge in [0.1, 0.15) is 11.6 Å². The Morgan fingerprint density at radius 3 is 2.88 bits per heavy atom. The molecule has 0 amide bonds. The van der Waals surface area contributed by atoms with E-state index in [0.29, 0.717) is 19.2 Å². The lowest BCUT2D eigenvalue weighted by Gasteiger charge is -2.34. The van der Waals surface area contributed by atoms with Gasteiger partial charge in [0.15, 0.2) is 0 Å². The van der Waals surface area contributed by atoms with Crippen molar-refractivity contribution in [1.29, 1.82) is 5.26 Å². The maximum absolute atomic E-state index is 9.57. The van der Waals surface area contributed by atoms with Gasteiger partial charge in [-0.2, -0.15) is 15.3 Å². The van der Waals surface area contributed by atoms with Gasteiger partial charge < -0.3 is 15.0 Å². The fraction of sp³-hybridized carbons (Fsp3) is 0.529. The Kier molecular flexibility index (Phi) is 3.81. The number of hydrogen-bond acceptors (Lipinski definition) is 7. The van der Waals surface area contributed by atoms with E-state index in [1.807, 2.05) is 19.1 Å². The lowest BCUT2D eigenvalue weighted by atomic mass is 10.0. The molecule has 2 aromatic rings. The number of aromatic nitrogens is 4. The molecule has 1 aliphatic carbocycles. The second kappa shape index (κ2) is 6.01. The number of rotatable bonds is 4. The molecule has 1 saturated heterocycles. The summed E-state index contributed by atoms with van der Waals surface area (Å²) in [6.45, 7) is 6.15. The van der Waals surface area contributed by atoms with Crippen LogP contribution in [-0.4, -0.2) is 46.0 Å². The maximum Gasteiger partial charge on any atom is 0.230 e. The Hall–Kier alpha value is -2.66. The molecule has 3 heterocycles. The van der Waals surface area contributed by atoms with Crippen molar-refractivity contribution in [2.45, 2.75) is 38.1 Å². The first kappa shape index (κ1) is 15.8. The second-order valence-electron chi connectivity index (χ2n) is 6.79. The van der Waals surface area contributed by atoms with Crippen LogP contribution in [0, 0.1) is 18.3 Å². The molecule has 2 aliphatic rings. The van der Waals surface area contributed by atoms with E-state index < -0.39 is 5.41 Å². The van der Waals surface area contributed by atoms with Gasteiger partial charge in [0.2, 0.25) is 5.95 Å². The number of nitrogens with zero attached hydrogens (tertiary/aromatic N) is 5. The molecule has 2 aromatic heterocycles. The van der Waals surface area contributed by atoms with Crippen molar-refractivity contribution in [1.82, 2.24) is 20.2 Å². The van der Waals surface area contributed by atoms with E-state index in [4.69, 9.17) is 4.74 Å². The standard InChI is InChI=1S/C17H21N7O/c1-11-7-14(23-22-11)20-16-19-13(17(10-18)3-4-17)8-15(21-16)24-5-6-25-9-12(24)2/h7-8,12H,3-6,9H2,1-2H3,(H2,19,20,21,22,23). The molecule has 1 atom stereocenters. The summed E-state index contributed by atoms with van der Waals surface area (Å²) >= 11 is 0. The Labute approximate surface area is 146 Å². The number of nitriles is 1. The van der Waals surface area contributed by atoms with Crippen LogP contribution in [0.5, 0.6) is 0 Å². The highest BCUT2D eigenvalue weighted by Crippen LogP contribution is 2.47. The van der Waals surface area contributed by atoms with Gasteiger partial charge in [0.25, 0.3) is 0 Å². The first-order valence-electron chi connectivity index (χ1n) is 8.54. The first-order valence-corrected chi connectivity index (χ1v) is 8.54. The highest BCUT2D eigenvalue weighted by Gasteiger charge is 2.47. The normalized spacial score (nSPS) is 21.6. The van der Waals surface area contributed by atoms with E-state index in [9.17, 15) is 5.26 Å². The summed E-state index contributed by atoms with van der Waals surface area (Å²) in [6.07, 6.45) is 1.70. The average Bonchev–Trinajstić information content (AvgIpc) is 3.32. The average molecular weight is 339 g/mol. The third-order valence-corrected chi connectivity index (χ3v) is 4.78. The fourth-order valence-corrected chi connectivity index (χ4v) is 3.11. The van der Waals surface area contributed by atoms with Crippen LogP contribution in [0.25, 0.3) is 0 Å². The van der Waals surface area contributed by atoms with Gasteiger partial charge in [-0.1, -0.05) is 0 Å². The summed E-state index contributed by atoms with van der Waals surface area (Å²) < 4.78 is 5.53. The summed E-state index contributed by atoms with van der Waals surface area (Å²) in [5.41, 5.74) is 1.21. The number of ether oxygens (including phenoxy) is 1. The van der Waals surface area contributed by atoms with Crippen LogP contribution in [0.1, 0.15) is 31.2 Å². The third kappa shape index (κ3) is 3.03. The van der Waals surface area contributed by atoms with Crippen LogP contribution in [0.4, 0.5) is 17.6 Å². The first-order chi connectivity index (χ1) is 12.1. The van der Waals surface area contributed by atoms with E-state index in [-0.39, 0.29) is 6.04 Å². The van der Waals surface area contributed by atoms with Gasteiger partial charge in [0.05, 0.1) is 42.1 Å². The number of anilines is 3. The van der Waals surface area contributed by atoms with Crippen LogP contribution < -0.4 is 10.2 Å². The number of morpholine rings is 1.